The van der Waals surface area contributed by atoms with Crippen LogP contribution in [0.2, 0.25) is 0 Å². The second kappa shape index (κ2) is 6.92. The lowest BCUT2D eigenvalue weighted by atomic mass is 10.1. The number of nitrogen functional groups attached to an aromatic ring is 2. The van der Waals surface area contributed by atoms with E-state index < -0.39 is 0 Å². The van der Waals surface area contributed by atoms with E-state index >= 15 is 0 Å². The van der Waals surface area contributed by atoms with Crippen molar-refractivity contribution < 1.29 is 9.47 Å². The summed E-state index contributed by atoms with van der Waals surface area (Å²) in [6.45, 7) is 6.63. The zero-order chi connectivity index (χ0) is 19.0. The number of hydrogen-bond acceptors (Lipinski definition) is 8. The number of benzene rings is 1. The highest BCUT2D eigenvalue weighted by Crippen LogP contribution is 2.35. The normalized spacial score (nSPS) is 17.4. The van der Waals surface area contributed by atoms with Crippen molar-refractivity contribution in [3.8, 4) is 17.0 Å². The Morgan fingerprint density at radius 2 is 2.15 bits per heavy atom. The van der Waals surface area contributed by atoms with Gasteiger partial charge in [-0.1, -0.05) is 0 Å². The quantitative estimate of drug-likeness (QED) is 0.635. The molecule has 0 saturated carbocycles. The van der Waals surface area contributed by atoms with Crippen LogP contribution in [0.5, 0.6) is 5.75 Å². The minimum Gasteiger partial charge on any atom is -0.493 e. The smallest absolute Gasteiger partial charge is 0.222 e. The van der Waals surface area contributed by atoms with Gasteiger partial charge in [-0.3, -0.25) is 5.10 Å². The van der Waals surface area contributed by atoms with Crippen molar-refractivity contribution >= 4 is 28.5 Å². The Bertz CT molecular complexity index is 972. The van der Waals surface area contributed by atoms with Crippen molar-refractivity contribution in [3.05, 3.63) is 18.2 Å². The van der Waals surface area contributed by atoms with Crippen LogP contribution in [0.4, 0.5) is 17.6 Å². The molecule has 1 unspecified atom stereocenters. The largest absolute Gasteiger partial charge is 0.493 e. The third kappa shape index (κ3) is 3.21. The summed E-state index contributed by atoms with van der Waals surface area (Å²) in [4.78, 5) is 11.0. The molecule has 4 rings (SSSR count). The fourth-order valence-electron chi connectivity index (χ4n) is 3.38. The van der Waals surface area contributed by atoms with Gasteiger partial charge < -0.3 is 25.8 Å². The number of H-pyrrole nitrogens is 1. The van der Waals surface area contributed by atoms with Crippen LogP contribution >= 0.6 is 0 Å². The summed E-state index contributed by atoms with van der Waals surface area (Å²) >= 11 is 0. The van der Waals surface area contributed by atoms with E-state index in [1.165, 1.54) is 0 Å². The molecule has 0 amide bonds. The second-order valence-corrected chi connectivity index (χ2v) is 6.53. The van der Waals surface area contributed by atoms with Gasteiger partial charge in [-0.2, -0.15) is 10.1 Å². The molecule has 0 aliphatic carbocycles. The van der Waals surface area contributed by atoms with Crippen molar-refractivity contribution in [2.45, 2.75) is 19.9 Å². The number of anilines is 3. The van der Waals surface area contributed by atoms with E-state index in [1.54, 1.807) is 0 Å². The minimum absolute atomic E-state index is 0.217. The van der Waals surface area contributed by atoms with Crippen LogP contribution < -0.4 is 21.1 Å². The number of hydrogen-bond donors (Lipinski definition) is 3. The Kier molecular flexibility index (Phi) is 4.44. The van der Waals surface area contributed by atoms with Crippen LogP contribution in [-0.4, -0.2) is 52.6 Å². The molecule has 2 aromatic heterocycles. The molecule has 0 bridgehead atoms. The molecule has 0 spiro atoms. The molecule has 9 heteroatoms. The Morgan fingerprint density at radius 3 is 2.93 bits per heavy atom. The number of morpholine rings is 1. The molecule has 1 atom stereocenters. The van der Waals surface area contributed by atoms with Crippen LogP contribution in [0.1, 0.15) is 13.8 Å². The lowest BCUT2D eigenvalue weighted by molar-refractivity contribution is 0.0985. The van der Waals surface area contributed by atoms with Crippen LogP contribution in [0.3, 0.4) is 0 Å². The van der Waals surface area contributed by atoms with Gasteiger partial charge in [0.05, 0.1) is 42.5 Å². The van der Waals surface area contributed by atoms with Gasteiger partial charge in [0.1, 0.15) is 11.6 Å². The zero-order valence-electron chi connectivity index (χ0n) is 15.4. The predicted molar refractivity (Wildman–Crippen MR) is 105 cm³/mol. The standard InChI is InChI=1S/C18H23N7O2/c1-3-27-14-7-11(6-13-16(14)17(19)24-23-13)12-8-15(22-18(20)21-12)25-4-5-26-9-10(25)2/h6-8,10H,3-5,9H2,1-2H3,(H3,19,23,24)(H2,20,21,22). The maximum Gasteiger partial charge on any atom is 0.222 e. The summed E-state index contributed by atoms with van der Waals surface area (Å²) < 4.78 is 11.3. The van der Waals surface area contributed by atoms with Gasteiger partial charge in [-0.25, -0.2) is 4.98 Å². The maximum atomic E-state index is 6.01. The highest BCUT2D eigenvalue weighted by molar-refractivity contribution is 5.97. The van der Waals surface area contributed by atoms with E-state index in [0.29, 0.717) is 37.1 Å². The Labute approximate surface area is 156 Å². The van der Waals surface area contributed by atoms with Gasteiger partial charge in [-0.15, -0.1) is 0 Å². The Balaban J connectivity index is 1.81. The number of fused-ring (bicyclic) bond motifs is 1. The fourth-order valence-corrected chi connectivity index (χ4v) is 3.38. The summed E-state index contributed by atoms with van der Waals surface area (Å²) in [5.74, 6) is 2.08. The molecule has 3 aromatic rings. The van der Waals surface area contributed by atoms with Gasteiger partial charge in [0.25, 0.3) is 0 Å². The summed E-state index contributed by atoms with van der Waals surface area (Å²) in [7, 11) is 0. The highest BCUT2D eigenvalue weighted by Gasteiger charge is 2.22. The lowest BCUT2D eigenvalue weighted by Gasteiger charge is -2.34. The van der Waals surface area contributed by atoms with E-state index in [9.17, 15) is 0 Å². The van der Waals surface area contributed by atoms with Crippen molar-refractivity contribution in [1.82, 2.24) is 20.2 Å². The molecule has 1 aliphatic rings. The predicted octanol–water partition coefficient (Wildman–Crippen LogP) is 1.81. The average molecular weight is 369 g/mol. The molecule has 9 nitrogen and oxygen atoms in total. The summed E-state index contributed by atoms with van der Waals surface area (Å²) in [6.07, 6.45) is 0. The molecular formula is C18H23N7O2. The molecule has 1 aliphatic heterocycles. The number of nitrogens with two attached hydrogens (primary N) is 2. The van der Waals surface area contributed by atoms with Gasteiger partial charge in [0.2, 0.25) is 5.95 Å². The summed E-state index contributed by atoms with van der Waals surface area (Å²) in [5.41, 5.74) is 14.3. The number of nitrogens with one attached hydrogen (secondary N) is 1. The number of nitrogens with zero attached hydrogens (tertiary/aromatic N) is 4. The fraction of sp³-hybridized carbons (Fsp3) is 0.389. The third-order valence-electron chi connectivity index (χ3n) is 4.64. The zero-order valence-corrected chi connectivity index (χ0v) is 15.4. The highest BCUT2D eigenvalue weighted by atomic mass is 16.5. The van der Waals surface area contributed by atoms with Gasteiger partial charge in [0, 0.05) is 18.2 Å². The van der Waals surface area contributed by atoms with Gasteiger partial charge >= 0.3 is 0 Å². The molecule has 1 fully saturated rings. The molecule has 5 N–H and O–H groups in total. The SMILES string of the molecule is CCOc1cc(-c2cc(N3CCOCC3C)nc(N)n2)cc2[nH]nc(N)c12. The first-order chi connectivity index (χ1) is 13.1. The van der Waals surface area contributed by atoms with Crippen LogP contribution in [0.15, 0.2) is 18.2 Å². The molecule has 142 valence electrons. The van der Waals surface area contributed by atoms with Crippen molar-refractivity contribution in [3.63, 3.8) is 0 Å². The molecule has 27 heavy (non-hydrogen) atoms. The number of aromatic amines is 1. The van der Waals surface area contributed by atoms with E-state index in [-0.39, 0.29) is 12.0 Å². The molecule has 1 saturated heterocycles. The first-order valence-corrected chi connectivity index (χ1v) is 8.96. The third-order valence-corrected chi connectivity index (χ3v) is 4.64. The average Bonchev–Trinajstić information content (AvgIpc) is 3.03. The summed E-state index contributed by atoms with van der Waals surface area (Å²) in [6, 6.07) is 6.01. The van der Waals surface area contributed by atoms with Crippen molar-refractivity contribution in [2.24, 2.45) is 0 Å². The van der Waals surface area contributed by atoms with E-state index in [1.807, 2.05) is 25.1 Å². The Hall–Kier alpha value is -3.07. The maximum absolute atomic E-state index is 6.01. The summed E-state index contributed by atoms with van der Waals surface area (Å²) in [5, 5.41) is 7.79. The molecule has 0 radical (unpaired) electrons. The first kappa shape index (κ1) is 17.3. The second-order valence-electron chi connectivity index (χ2n) is 6.53. The number of ether oxygens (including phenoxy) is 2. The lowest BCUT2D eigenvalue weighted by Crippen LogP contribution is -2.44. The monoisotopic (exact) mass is 369 g/mol. The first-order valence-electron chi connectivity index (χ1n) is 8.96. The Morgan fingerprint density at radius 1 is 1.30 bits per heavy atom. The van der Waals surface area contributed by atoms with Crippen LogP contribution in [0.25, 0.3) is 22.2 Å². The molecule has 1 aromatic carbocycles. The van der Waals surface area contributed by atoms with Gasteiger partial charge in [0.15, 0.2) is 5.82 Å². The van der Waals surface area contributed by atoms with Crippen molar-refractivity contribution in [1.29, 1.82) is 0 Å². The van der Waals surface area contributed by atoms with Crippen LogP contribution in [-0.2, 0) is 4.74 Å². The molecular weight excluding hydrogens is 346 g/mol. The number of aromatic nitrogens is 4. The van der Waals surface area contributed by atoms with Gasteiger partial charge in [-0.05, 0) is 26.0 Å². The van der Waals surface area contributed by atoms with E-state index in [4.69, 9.17) is 20.9 Å². The minimum atomic E-state index is 0.217. The van der Waals surface area contributed by atoms with E-state index in [0.717, 1.165) is 28.8 Å². The van der Waals surface area contributed by atoms with Crippen molar-refractivity contribution in [2.75, 3.05) is 42.7 Å². The number of rotatable bonds is 4. The topological polar surface area (TPSA) is 128 Å². The van der Waals surface area contributed by atoms with E-state index in [2.05, 4.69) is 32.0 Å². The molecule has 3 heterocycles. The van der Waals surface area contributed by atoms with Crippen LogP contribution in [0, 0.1) is 0 Å².